The zero-order valence-corrected chi connectivity index (χ0v) is 14.3. The predicted molar refractivity (Wildman–Crippen MR) is 88.5 cm³/mol. The van der Waals surface area contributed by atoms with E-state index in [2.05, 4.69) is 5.10 Å². The molecule has 24 heavy (non-hydrogen) atoms. The molecule has 126 valence electrons. The van der Waals surface area contributed by atoms with E-state index in [1.807, 2.05) is 18.9 Å². The molecule has 1 unspecified atom stereocenters. The summed E-state index contributed by atoms with van der Waals surface area (Å²) >= 11 is 6.41. The van der Waals surface area contributed by atoms with E-state index in [0.29, 0.717) is 28.8 Å². The molecule has 1 aromatic heterocycles. The lowest BCUT2D eigenvalue weighted by Crippen LogP contribution is -2.30. The number of ether oxygens (including phenoxy) is 2. The quantitative estimate of drug-likeness (QED) is 0.837. The van der Waals surface area contributed by atoms with E-state index in [1.54, 1.807) is 22.9 Å². The van der Waals surface area contributed by atoms with Crippen molar-refractivity contribution in [2.24, 2.45) is 7.05 Å². The lowest BCUT2D eigenvalue weighted by atomic mass is 10.0. The van der Waals surface area contributed by atoms with Gasteiger partial charge < -0.3 is 14.4 Å². The summed E-state index contributed by atoms with van der Waals surface area (Å²) in [4.78, 5) is 14.9. The van der Waals surface area contributed by atoms with Gasteiger partial charge in [0.1, 0.15) is 5.15 Å². The maximum Gasteiger partial charge on any atom is 0.254 e. The van der Waals surface area contributed by atoms with Crippen LogP contribution < -0.4 is 9.47 Å². The Bertz CT molecular complexity index is 818. The maximum atomic E-state index is 13.0. The molecule has 1 atom stereocenters. The first-order chi connectivity index (χ1) is 11.6. The maximum absolute atomic E-state index is 13.0. The van der Waals surface area contributed by atoms with Crippen molar-refractivity contribution in [3.63, 3.8) is 0 Å². The molecular formula is C17H18ClN3O3. The van der Waals surface area contributed by atoms with Gasteiger partial charge in [0, 0.05) is 24.7 Å². The first kappa shape index (κ1) is 15.3. The SMILES string of the molecule is Cc1nn(C)c(Cl)c1C1CCCN1C(=O)c1ccc2c(c1)OCO2. The molecule has 0 radical (unpaired) electrons. The van der Waals surface area contributed by atoms with Crippen molar-refractivity contribution in [1.82, 2.24) is 14.7 Å². The monoisotopic (exact) mass is 347 g/mol. The van der Waals surface area contributed by atoms with Gasteiger partial charge in [0.05, 0.1) is 11.7 Å². The van der Waals surface area contributed by atoms with Gasteiger partial charge in [0.25, 0.3) is 5.91 Å². The largest absolute Gasteiger partial charge is 0.454 e. The number of carbonyl (C=O) groups is 1. The fourth-order valence-corrected chi connectivity index (χ4v) is 3.83. The average molecular weight is 348 g/mol. The highest BCUT2D eigenvalue weighted by atomic mass is 35.5. The molecule has 0 saturated carbocycles. The number of rotatable bonds is 2. The summed E-state index contributed by atoms with van der Waals surface area (Å²) in [5, 5.41) is 4.98. The van der Waals surface area contributed by atoms with Crippen LogP contribution in [0.15, 0.2) is 18.2 Å². The summed E-state index contributed by atoms with van der Waals surface area (Å²) in [6.07, 6.45) is 1.84. The fourth-order valence-electron chi connectivity index (χ4n) is 3.53. The first-order valence-corrected chi connectivity index (χ1v) is 8.33. The lowest BCUT2D eigenvalue weighted by Gasteiger charge is -2.25. The average Bonchev–Trinajstić information content (AvgIpc) is 3.26. The van der Waals surface area contributed by atoms with Crippen LogP contribution >= 0.6 is 11.6 Å². The number of hydrogen-bond donors (Lipinski definition) is 0. The molecule has 4 rings (SSSR count). The third-order valence-corrected chi connectivity index (χ3v) is 5.11. The molecule has 1 amide bonds. The second kappa shape index (κ2) is 5.70. The van der Waals surface area contributed by atoms with Gasteiger partial charge in [-0.1, -0.05) is 11.6 Å². The number of carbonyl (C=O) groups excluding carboxylic acids is 1. The Labute approximate surface area is 144 Å². The van der Waals surface area contributed by atoms with Crippen LogP contribution in [0.3, 0.4) is 0 Å². The molecule has 2 aliphatic heterocycles. The summed E-state index contributed by atoms with van der Waals surface area (Å²) in [5.74, 6) is 1.28. The number of halogens is 1. The van der Waals surface area contributed by atoms with E-state index in [-0.39, 0.29) is 18.7 Å². The molecular weight excluding hydrogens is 330 g/mol. The van der Waals surface area contributed by atoms with Crippen LogP contribution in [0.25, 0.3) is 0 Å². The van der Waals surface area contributed by atoms with Gasteiger partial charge in [-0.05, 0) is 38.0 Å². The van der Waals surface area contributed by atoms with Gasteiger partial charge in [-0.15, -0.1) is 0 Å². The topological polar surface area (TPSA) is 56.6 Å². The lowest BCUT2D eigenvalue weighted by molar-refractivity contribution is 0.0735. The van der Waals surface area contributed by atoms with Crippen LogP contribution in [0.1, 0.15) is 40.5 Å². The molecule has 0 bridgehead atoms. The van der Waals surface area contributed by atoms with Crippen molar-refractivity contribution < 1.29 is 14.3 Å². The Balaban J connectivity index is 1.66. The van der Waals surface area contributed by atoms with E-state index in [0.717, 1.165) is 24.1 Å². The molecule has 1 saturated heterocycles. The number of amides is 1. The number of aryl methyl sites for hydroxylation is 2. The van der Waals surface area contributed by atoms with Crippen LogP contribution in [0, 0.1) is 6.92 Å². The van der Waals surface area contributed by atoms with Crippen LogP contribution in [-0.4, -0.2) is 33.9 Å². The fraction of sp³-hybridized carbons (Fsp3) is 0.412. The zero-order valence-electron chi connectivity index (χ0n) is 13.6. The third-order valence-electron chi connectivity index (χ3n) is 4.66. The Morgan fingerprint density at radius 2 is 2.12 bits per heavy atom. The standard InChI is InChI=1S/C17H18ClN3O3/c1-10-15(16(18)20(2)19-10)12-4-3-7-21(12)17(22)11-5-6-13-14(8-11)24-9-23-13/h5-6,8,12H,3-4,7,9H2,1-2H3. The summed E-state index contributed by atoms with van der Waals surface area (Å²) < 4.78 is 12.3. The van der Waals surface area contributed by atoms with Crippen molar-refractivity contribution >= 4 is 17.5 Å². The number of likely N-dealkylation sites (tertiary alicyclic amines) is 1. The summed E-state index contributed by atoms with van der Waals surface area (Å²) in [6, 6.07) is 5.27. The summed E-state index contributed by atoms with van der Waals surface area (Å²) in [6.45, 7) is 2.84. The van der Waals surface area contributed by atoms with Gasteiger partial charge in [-0.25, -0.2) is 0 Å². The van der Waals surface area contributed by atoms with E-state index >= 15 is 0 Å². The Kier molecular flexibility index (Phi) is 3.64. The molecule has 6 nitrogen and oxygen atoms in total. The van der Waals surface area contributed by atoms with E-state index in [4.69, 9.17) is 21.1 Å². The highest BCUT2D eigenvalue weighted by Crippen LogP contribution is 2.39. The highest BCUT2D eigenvalue weighted by molar-refractivity contribution is 6.30. The number of hydrogen-bond acceptors (Lipinski definition) is 4. The molecule has 0 spiro atoms. The van der Waals surface area contributed by atoms with Crippen molar-refractivity contribution in [3.05, 3.63) is 40.2 Å². The molecule has 2 aliphatic rings. The van der Waals surface area contributed by atoms with Gasteiger partial charge in [0.15, 0.2) is 11.5 Å². The van der Waals surface area contributed by atoms with Crippen LogP contribution in [0.5, 0.6) is 11.5 Å². The predicted octanol–water partition coefficient (Wildman–Crippen LogP) is 3.09. The van der Waals surface area contributed by atoms with Crippen molar-refractivity contribution in [2.75, 3.05) is 13.3 Å². The second-order valence-electron chi connectivity index (χ2n) is 6.14. The number of fused-ring (bicyclic) bond motifs is 1. The third kappa shape index (κ3) is 2.33. The Hall–Kier alpha value is -2.21. The van der Waals surface area contributed by atoms with Crippen molar-refractivity contribution in [2.45, 2.75) is 25.8 Å². The molecule has 3 heterocycles. The molecule has 1 aromatic carbocycles. The molecule has 2 aromatic rings. The van der Waals surface area contributed by atoms with Gasteiger partial charge in [-0.3, -0.25) is 9.48 Å². The van der Waals surface area contributed by atoms with Crippen molar-refractivity contribution in [3.8, 4) is 11.5 Å². The molecule has 0 aliphatic carbocycles. The Morgan fingerprint density at radius 3 is 2.88 bits per heavy atom. The van der Waals surface area contributed by atoms with E-state index < -0.39 is 0 Å². The van der Waals surface area contributed by atoms with Gasteiger partial charge >= 0.3 is 0 Å². The van der Waals surface area contributed by atoms with Crippen LogP contribution in [-0.2, 0) is 7.05 Å². The smallest absolute Gasteiger partial charge is 0.254 e. The summed E-state index contributed by atoms with van der Waals surface area (Å²) in [7, 11) is 1.82. The first-order valence-electron chi connectivity index (χ1n) is 7.96. The number of aromatic nitrogens is 2. The minimum Gasteiger partial charge on any atom is -0.454 e. The molecule has 7 heteroatoms. The van der Waals surface area contributed by atoms with Gasteiger partial charge in [0.2, 0.25) is 6.79 Å². The minimum atomic E-state index is -0.0378. The van der Waals surface area contributed by atoms with Crippen LogP contribution in [0.2, 0.25) is 5.15 Å². The molecule has 1 fully saturated rings. The summed E-state index contributed by atoms with van der Waals surface area (Å²) in [5.41, 5.74) is 2.42. The van der Waals surface area contributed by atoms with Gasteiger partial charge in [-0.2, -0.15) is 5.10 Å². The molecule has 0 N–H and O–H groups in total. The van der Waals surface area contributed by atoms with E-state index in [9.17, 15) is 4.79 Å². The Morgan fingerprint density at radius 1 is 1.33 bits per heavy atom. The van der Waals surface area contributed by atoms with E-state index in [1.165, 1.54) is 0 Å². The highest BCUT2D eigenvalue weighted by Gasteiger charge is 2.35. The zero-order chi connectivity index (χ0) is 16.8. The second-order valence-corrected chi connectivity index (χ2v) is 6.50. The number of benzene rings is 1. The normalized spacial score (nSPS) is 19.1. The minimum absolute atomic E-state index is 0.0184. The van der Waals surface area contributed by atoms with Crippen LogP contribution in [0.4, 0.5) is 0 Å². The van der Waals surface area contributed by atoms with Crippen molar-refractivity contribution in [1.29, 1.82) is 0 Å². The number of nitrogens with zero attached hydrogens (tertiary/aromatic N) is 3.